The first-order valence-electron chi connectivity index (χ1n) is 4.69. The van der Waals surface area contributed by atoms with Crippen molar-refractivity contribution in [2.45, 2.75) is 33.1 Å². The second-order valence-electron chi connectivity index (χ2n) is 3.24. The maximum Gasteiger partial charge on any atom is 0.0605 e. The lowest BCUT2D eigenvalue weighted by atomic mass is 10.0. The van der Waals surface area contributed by atoms with E-state index in [0.29, 0.717) is 0 Å². The fourth-order valence-corrected chi connectivity index (χ4v) is 1.32. The van der Waals surface area contributed by atoms with Gasteiger partial charge in [0.15, 0.2) is 0 Å². The topological polar surface area (TPSA) is 12.4 Å². The summed E-state index contributed by atoms with van der Waals surface area (Å²) in [7, 11) is 0. The standard InChI is InChI=1S/C11H17N/c1-3-4-7-11-9-12-8-5-6-10(11)2/h5-6,8H,3-4,7,9H2,1-2H3. The molecule has 0 saturated carbocycles. The molecule has 1 rings (SSSR count). The predicted octanol–water partition coefficient (Wildman–Crippen LogP) is 3.13. The quantitative estimate of drug-likeness (QED) is 0.606. The molecule has 1 aliphatic rings. The predicted molar refractivity (Wildman–Crippen MR) is 54.7 cm³/mol. The van der Waals surface area contributed by atoms with Crippen LogP contribution in [0.25, 0.3) is 0 Å². The molecule has 0 N–H and O–H groups in total. The summed E-state index contributed by atoms with van der Waals surface area (Å²) in [5.74, 6) is 0. The first-order valence-corrected chi connectivity index (χ1v) is 4.69. The average Bonchev–Trinajstić information content (AvgIpc) is 2.27. The fraction of sp³-hybridized carbons (Fsp3) is 0.545. The SMILES string of the molecule is CCCCC1=C(C)C=CC=NC1. The van der Waals surface area contributed by atoms with E-state index in [0.717, 1.165) is 6.54 Å². The third kappa shape index (κ3) is 2.65. The average molecular weight is 163 g/mol. The summed E-state index contributed by atoms with van der Waals surface area (Å²) in [4.78, 5) is 4.29. The first kappa shape index (κ1) is 9.24. The Morgan fingerprint density at radius 2 is 2.33 bits per heavy atom. The molecule has 12 heavy (non-hydrogen) atoms. The molecule has 1 heteroatoms. The van der Waals surface area contributed by atoms with Crippen LogP contribution in [0.5, 0.6) is 0 Å². The molecule has 0 aliphatic carbocycles. The minimum Gasteiger partial charge on any atom is -0.289 e. The van der Waals surface area contributed by atoms with Crippen LogP contribution >= 0.6 is 0 Å². The molecule has 0 aromatic heterocycles. The van der Waals surface area contributed by atoms with Gasteiger partial charge in [-0.3, -0.25) is 4.99 Å². The van der Waals surface area contributed by atoms with E-state index in [1.54, 1.807) is 0 Å². The van der Waals surface area contributed by atoms with E-state index < -0.39 is 0 Å². The smallest absolute Gasteiger partial charge is 0.0605 e. The van der Waals surface area contributed by atoms with Crippen molar-refractivity contribution < 1.29 is 0 Å². The van der Waals surface area contributed by atoms with Gasteiger partial charge in [-0.2, -0.15) is 0 Å². The Hall–Kier alpha value is -0.850. The highest BCUT2D eigenvalue weighted by atomic mass is 14.7. The highest BCUT2D eigenvalue weighted by Crippen LogP contribution is 2.15. The zero-order valence-corrected chi connectivity index (χ0v) is 8.01. The summed E-state index contributed by atoms with van der Waals surface area (Å²) in [6.45, 7) is 5.31. The van der Waals surface area contributed by atoms with E-state index in [1.807, 2.05) is 12.3 Å². The van der Waals surface area contributed by atoms with Crippen LogP contribution < -0.4 is 0 Å². The second-order valence-corrected chi connectivity index (χ2v) is 3.24. The van der Waals surface area contributed by atoms with Crippen LogP contribution in [0.4, 0.5) is 0 Å². The molecule has 0 fully saturated rings. The zero-order chi connectivity index (χ0) is 8.81. The van der Waals surface area contributed by atoms with E-state index in [9.17, 15) is 0 Å². The van der Waals surface area contributed by atoms with Crippen LogP contribution in [0, 0.1) is 0 Å². The van der Waals surface area contributed by atoms with Gasteiger partial charge in [0.2, 0.25) is 0 Å². The summed E-state index contributed by atoms with van der Waals surface area (Å²) in [5.41, 5.74) is 2.91. The molecular weight excluding hydrogens is 146 g/mol. The van der Waals surface area contributed by atoms with Gasteiger partial charge in [-0.15, -0.1) is 0 Å². The number of aliphatic imine (C=N–C) groups is 1. The minimum atomic E-state index is 0.902. The van der Waals surface area contributed by atoms with E-state index >= 15 is 0 Å². The van der Waals surface area contributed by atoms with Crippen LogP contribution in [0.15, 0.2) is 28.3 Å². The van der Waals surface area contributed by atoms with Gasteiger partial charge in [0.05, 0.1) is 6.54 Å². The van der Waals surface area contributed by atoms with Crippen molar-refractivity contribution in [3.05, 3.63) is 23.3 Å². The van der Waals surface area contributed by atoms with Crippen molar-refractivity contribution in [3.63, 3.8) is 0 Å². The molecule has 66 valence electrons. The third-order valence-electron chi connectivity index (χ3n) is 2.21. The molecule has 0 aromatic rings. The molecule has 0 saturated heterocycles. The summed E-state index contributed by atoms with van der Waals surface area (Å²) in [5, 5.41) is 0. The van der Waals surface area contributed by atoms with Gasteiger partial charge in [0.1, 0.15) is 0 Å². The highest BCUT2D eigenvalue weighted by Gasteiger charge is 2.00. The van der Waals surface area contributed by atoms with Crippen molar-refractivity contribution in [3.8, 4) is 0 Å². The molecule has 0 aromatic carbocycles. The zero-order valence-electron chi connectivity index (χ0n) is 8.01. The number of nitrogens with zero attached hydrogens (tertiary/aromatic N) is 1. The fourth-order valence-electron chi connectivity index (χ4n) is 1.32. The van der Waals surface area contributed by atoms with Crippen LogP contribution in [-0.4, -0.2) is 12.8 Å². The number of unbranched alkanes of at least 4 members (excludes halogenated alkanes) is 1. The molecule has 1 heterocycles. The van der Waals surface area contributed by atoms with Crippen molar-refractivity contribution in [1.29, 1.82) is 0 Å². The lowest BCUT2D eigenvalue weighted by Crippen LogP contribution is -1.91. The second kappa shape index (κ2) is 4.91. The van der Waals surface area contributed by atoms with E-state index in [4.69, 9.17) is 0 Å². The van der Waals surface area contributed by atoms with Crippen LogP contribution in [0.1, 0.15) is 33.1 Å². The number of hydrogen-bond acceptors (Lipinski definition) is 1. The van der Waals surface area contributed by atoms with Crippen molar-refractivity contribution in [1.82, 2.24) is 0 Å². The minimum absolute atomic E-state index is 0.902. The van der Waals surface area contributed by atoms with Gasteiger partial charge in [0, 0.05) is 6.21 Å². The Bertz CT molecular complexity index is 221. The molecular formula is C11H17N. The van der Waals surface area contributed by atoms with Gasteiger partial charge in [-0.25, -0.2) is 0 Å². The third-order valence-corrected chi connectivity index (χ3v) is 2.21. The van der Waals surface area contributed by atoms with Gasteiger partial charge >= 0.3 is 0 Å². The van der Waals surface area contributed by atoms with Crippen LogP contribution in [0.2, 0.25) is 0 Å². The van der Waals surface area contributed by atoms with E-state index in [-0.39, 0.29) is 0 Å². The number of allylic oxidation sites excluding steroid dienone is 3. The molecule has 0 atom stereocenters. The maximum absolute atomic E-state index is 4.29. The molecule has 1 nitrogen and oxygen atoms in total. The first-order chi connectivity index (χ1) is 5.84. The monoisotopic (exact) mass is 163 g/mol. The molecule has 0 unspecified atom stereocenters. The highest BCUT2D eigenvalue weighted by molar-refractivity contribution is 5.72. The van der Waals surface area contributed by atoms with Crippen molar-refractivity contribution >= 4 is 6.21 Å². The molecule has 0 amide bonds. The van der Waals surface area contributed by atoms with E-state index in [2.05, 4.69) is 24.9 Å². The largest absolute Gasteiger partial charge is 0.289 e. The summed E-state index contributed by atoms with van der Waals surface area (Å²) < 4.78 is 0. The van der Waals surface area contributed by atoms with Crippen LogP contribution in [0.3, 0.4) is 0 Å². The van der Waals surface area contributed by atoms with Crippen molar-refractivity contribution in [2.24, 2.45) is 4.99 Å². The summed E-state index contributed by atoms with van der Waals surface area (Å²) >= 11 is 0. The Kier molecular flexibility index (Phi) is 3.78. The molecule has 0 spiro atoms. The molecule has 1 aliphatic heterocycles. The molecule has 0 bridgehead atoms. The van der Waals surface area contributed by atoms with Crippen molar-refractivity contribution in [2.75, 3.05) is 6.54 Å². The summed E-state index contributed by atoms with van der Waals surface area (Å²) in [6.07, 6.45) is 9.84. The Balaban J connectivity index is 2.58. The number of rotatable bonds is 3. The normalized spacial score (nSPS) is 16.8. The van der Waals surface area contributed by atoms with Gasteiger partial charge in [-0.05, 0) is 31.4 Å². The van der Waals surface area contributed by atoms with Gasteiger partial charge < -0.3 is 0 Å². The Labute approximate surface area is 74.9 Å². The molecule has 0 radical (unpaired) electrons. The Morgan fingerprint density at radius 3 is 3.08 bits per heavy atom. The lowest BCUT2D eigenvalue weighted by molar-refractivity contribution is 0.770. The van der Waals surface area contributed by atoms with Crippen LogP contribution in [-0.2, 0) is 0 Å². The van der Waals surface area contributed by atoms with E-state index in [1.165, 1.54) is 30.4 Å². The summed E-state index contributed by atoms with van der Waals surface area (Å²) in [6, 6.07) is 0. The Morgan fingerprint density at radius 1 is 1.50 bits per heavy atom. The number of hydrogen-bond donors (Lipinski definition) is 0. The lowest BCUT2D eigenvalue weighted by Gasteiger charge is -2.04. The van der Waals surface area contributed by atoms with Gasteiger partial charge in [0.25, 0.3) is 0 Å². The van der Waals surface area contributed by atoms with Gasteiger partial charge in [-0.1, -0.05) is 25.0 Å². The maximum atomic E-state index is 4.29.